The minimum absolute atomic E-state index is 0.0474. The minimum atomic E-state index is -0.880. The maximum absolute atomic E-state index is 11.5. The molecule has 0 aromatic heterocycles. The molecule has 1 saturated carbocycles. The van der Waals surface area contributed by atoms with Gasteiger partial charge in [-0.3, -0.25) is 9.59 Å². The first-order valence-electron chi connectivity index (χ1n) is 5.26. The van der Waals surface area contributed by atoms with Gasteiger partial charge in [-0.15, -0.1) is 0 Å². The maximum atomic E-state index is 11.5. The zero-order valence-corrected chi connectivity index (χ0v) is 8.40. The van der Waals surface area contributed by atoms with Gasteiger partial charge >= 0.3 is 5.97 Å². The van der Waals surface area contributed by atoms with E-state index in [0.29, 0.717) is 5.71 Å². The van der Waals surface area contributed by atoms with E-state index in [2.05, 4.69) is 10.5 Å². The van der Waals surface area contributed by atoms with E-state index in [4.69, 9.17) is 5.11 Å². The van der Waals surface area contributed by atoms with Gasteiger partial charge in [-0.25, -0.2) is 5.43 Å². The second kappa shape index (κ2) is 4.00. The summed E-state index contributed by atoms with van der Waals surface area (Å²) in [6.07, 6.45) is 3.81. The summed E-state index contributed by atoms with van der Waals surface area (Å²) >= 11 is 0. The topological polar surface area (TPSA) is 78.8 Å². The van der Waals surface area contributed by atoms with Crippen LogP contribution in [-0.2, 0) is 9.59 Å². The predicted octanol–water partition coefficient (Wildman–Crippen LogP) is 0.753. The Labute approximate surface area is 87.5 Å². The van der Waals surface area contributed by atoms with Gasteiger partial charge in [-0.05, 0) is 12.8 Å². The molecule has 0 saturated heterocycles. The molecule has 2 atom stereocenters. The molecule has 0 bridgehead atoms. The van der Waals surface area contributed by atoms with E-state index >= 15 is 0 Å². The van der Waals surface area contributed by atoms with Crippen molar-refractivity contribution in [1.82, 2.24) is 5.43 Å². The van der Waals surface area contributed by atoms with E-state index in [0.717, 1.165) is 25.7 Å². The molecule has 1 aliphatic carbocycles. The van der Waals surface area contributed by atoms with Gasteiger partial charge < -0.3 is 5.11 Å². The van der Waals surface area contributed by atoms with Crippen LogP contribution in [0.5, 0.6) is 0 Å². The van der Waals surface area contributed by atoms with E-state index < -0.39 is 5.97 Å². The number of hydrogen-bond donors (Lipinski definition) is 2. The van der Waals surface area contributed by atoms with Crippen molar-refractivity contribution in [3.63, 3.8) is 0 Å². The average Bonchev–Trinajstić information content (AvgIpc) is 2.22. The Hall–Kier alpha value is -1.39. The smallest absolute Gasteiger partial charge is 0.309 e. The Morgan fingerprint density at radius 1 is 1.40 bits per heavy atom. The third-order valence-electron chi connectivity index (χ3n) is 3.17. The molecule has 0 aromatic rings. The summed E-state index contributed by atoms with van der Waals surface area (Å²) in [5, 5.41) is 12.6. The molecule has 2 unspecified atom stereocenters. The molecule has 2 rings (SSSR count). The minimum Gasteiger partial charge on any atom is -0.481 e. The number of carbonyl (C=O) groups excluding carboxylic acids is 1. The lowest BCUT2D eigenvalue weighted by Gasteiger charge is -2.33. The van der Waals surface area contributed by atoms with E-state index in [1.165, 1.54) is 0 Å². The van der Waals surface area contributed by atoms with Crippen molar-refractivity contribution in [3.05, 3.63) is 0 Å². The van der Waals surface area contributed by atoms with Crippen LogP contribution in [0.15, 0.2) is 5.10 Å². The number of amides is 1. The van der Waals surface area contributed by atoms with Crippen molar-refractivity contribution in [2.45, 2.75) is 32.1 Å². The molecule has 0 aromatic carbocycles. The van der Waals surface area contributed by atoms with Crippen molar-refractivity contribution >= 4 is 17.6 Å². The molecule has 2 N–H and O–H groups in total. The van der Waals surface area contributed by atoms with Gasteiger partial charge in [0.2, 0.25) is 5.91 Å². The molecule has 15 heavy (non-hydrogen) atoms. The van der Waals surface area contributed by atoms with Crippen LogP contribution in [-0.4, -0.2) is 22.7 Å². The second-order valence-electron chi connectivity index (χ2n) is 4.15. The zero-order chi connectivity index (χ0) is 10.8. The van der Waals surface area contributed by atoms with Gasteiger partial charge in [-0.2, -0.15) is 5.10 Å². The van der Waals surface area contributed by atoms with Crippen molar-refractivity contribution in [2.75, 3.05) is 0 Å². The van der Waals surface area contributed by atoms with E-state index in [9.17, 15) is 9.59 Å². The highest BCUT2D eigenvalue weighted by molar-refractivity contribution is 6.03. The summed E-state index contributed by atoms with van der Waals surface area (Å²) in [6, 6.07) is 0. The predicted molar refractivity (Wildman–Crippen MR) is 53.3 cm³/mol. The first kappa shape index (κ1) is 10.1. The molecule has 1 heterocycles. The number of carboxylic acids is 1. The summed E-state index contributed by atoms with van der Waals surface area (Å²) in [7, 11) is 0. The molecule has 1 fully saturated rings. The van der Waals surface area contributed by atoms with E-state index in [1.807, 2.05) is 0 Å². The van der Waals surface area contributed by atoms with Crippen LogP contribution in [0.25, 0.3) is 0 Å². The number of fused-ring (bicyclic) bond motifs is 1. The second-order valence-corrected chi connectivity index (χ2v) is 4.15. The fourth-order valence-electron chi connectivity index (χ4n) is 2.46. The van der Waals surface area contributed by atoms with E-state index in [1.54, 1.807) is 0 Å². The standard InChI is InChI=1S/C10H14N2O3/c13-9(14)5-8-6-3-1-2-4-7(6)10(15)12-11-8/h6-7H,1-5H2,(H,12,15)(H,13,14). The summed E-state index contributed by atoms with van der Waals surface area (Å²) in [4.78, 5) is 22.1. The number of carbonyl (C=O) groups is 2. The summed E-state index contributed by atoms with van der Waals surface area (Å²) in [5.74, 6) is -0.919. The molecule has 1 aliphatic heterocycles. The highest BCUT2D eigenvalue weighted by atomic mass is 16.4. The number of carboxylic acid groups (broad SMARTS) is 1. The Morgan fingerprint density at radius 3 is 2.73 bits per heavy atom. The first-order valence-corrected chi connectivity index (χ1v) is 5.26. The number of hydrazone groups is 1. The van der Waals surface area contributed by atoms with Crippen LogP contribution in [0.1, 0.15) is 32.1 Å². The zero-order valence-electron chi connectivity index (χ0n) is 8.40. The fourth-order valence-corrected chi connectivity index (χ4v) is 2.46. The van der Waals surface area contributed by atoms with Gasteiger partial charge in [0.1, 0.15) is 0 Å². The quantitative estimate of drug-likeness (QED) is 0.706. The van der Waals surface area contributed by atoms with Gasteiger partial charge in [0, 0.05) is 11.8 Å². The number of nitrogens with zero attached hydrogens (tertiary/aromatic N) is 1. The van der Waals surface area contributed by atoms with Gasteiger partial charge in [-0.1, -0.05) is 12.8 Å². The lowest BCUT2D eigenvalue weighted by molar-refractivity contribution is -0.136. The van der Waals surface area contributed by atoms with Crippen LogP contribution >= 0.6 is 0 Å². The van der Waals surface area contributed by atoms with Crippen molar-refractivity contribution in [2.24, 2.45) is 16.9 Å². The highest BCUT2D eigenvalue weighted by Crippen LogP contribution is 2.33. The Morgan fingerprint density at radius 2 is 2.07 bits per heavy atom. The lowest BCUT2D eigenvalue weighted by atomic mass is 9.75. The van der Waals surface area contributed by atoms with E-state index in [-0.39, 0.29) is 24.2 Å². The number of nitrogens with one attached hydrogen (secondary N) is 1. The molecule has 0 spiro atoms. The van der Waals surface area contributed by atoms with Crippen LogP contribution in [0, 0.1) is 11.8 Å². The molecule has 5 heteroatoms. The SMILES string of the molecule is O=C(O)CC1=NNC(=O)C2CCCCC12. The number of aliphatic carboxylic acids is 1. The number of rotatable bonds is 2. The first-order chi connectivity index (χ1) is 7.18. The van der Waals surface area contributed by atoms with Crippen LogP contribution in [0.2, 0.25) is 0 Å². The van der Waals surface area contributed by atoms with Crippen molar-refractivity contribution < 1.29 is 14.7 Å². The highest BCUT2D eigenvalue weighted by Gasteiger charge is 2.37. The molecular formula is C10H14N2O3. The van der Waals surface area contributed by atoms with Gasteiger partial charge in [0.05, 0.1) is 12.1 Å². The monoisotopic (exact) mass is 210 g/mol. The largest absolute Gasteiger partial charge is 0.481 e. The summed E-state index contributed by atoms with van der Waals surface area (Å²) in [6.45, 7) is 0. The lowest BCUT2D eigenvalue weighted by Crippen LogP contribution is -2.44. The fraction of sp³-hybridized carbons (Fsp3) is 0.700. The molecule has 2 aliphatic rings. The van der Waals surface area contributed by atoms with Crippen LogP contribution in [0.4, 0.5) is 0 Å². The molecule has 5 nitrogen and oxygen atoms in total. The van der Waals surface area contributed by atoms with Gasteiger partial charge in [0.25, 0.3) is 0 Å². The molecule has 0 radical (unpaired) electrons. The normalized spacial score (nSPS) is 30.1. The van der Waals surface area contributed by atoms with Crippen molar-refractivity contribution in [3.8, 4) is 0 Å². The van der Waals surface area contributed by atoms with Gasteiger partial charge in [0.15, 0.2) is 0 Å². The van der Waals surface area contributed by atoms with Crippen LogP contribution in [0.3, 0.4) is 0 Å². The average molecular weight is 210 g/mol. The molecule has 1 amide bonds. The number of hydrogen-bond acceptors (Lipinski definition) is 3. The summed E-state index contributed by atoms with van der Waals surface area (Å²) < 4.78 is 0. The molecule has 82 valence electrons. The third kappa shape index (κ3) is 2.00. The third-order valence-corrected chi connectivity index (χ3v) is 3.17. The Bertz CT molecular complexity index is 325. The maximum Gasteiger partial charge on any atom is 0.309 e. The molecular weight excluding hydrogens is 196 g/mol. The van der Waals surface area contributed by atoms with Crippen LogP contribution < -0.4 is 5.43 Å². The summed E-state index contributed by atoms with van der Waals surface area (Å²) in [5.41, 5.74) is 3.05. The van der Waals surface area contributed by atoms with Crippen molar-refractivity contribution in [1.29, 1.82) is 0 Å². The Kier molecular flexibility index (Phi) is 2.70. The Balaban J connectivity index is 2.16.